The zero-order chi connectivity index (χ0) is 15.1. The zero-order valence-corrected chi connectivity index (χ0v) is 12.9. The van der Waals surface area contributed by atoms with Gasteiger partial charge in [-0.25, -0.2) is 0 Å². The summed E-state index contributed by atoms with van der Waals surface area (Å²) >= 11 is 1.37. The highest BCUT2D eigenvalue weighted by molar-refractivity contribution is 7.12. The first-order chi connectivity index (χ1) is 10.8. The summed E-state index contributed by atoms with van der Waals surface area (Å²) in [7, 11) is 0. The molecule has 2 aromatic rings. The highest BCUT2D eigenvalue weighted by atomic mass is 32.1. The number of nitrogens with zero attached hydrogens (tertiary/aromatic N) is 1. The standard InChI is InChI=1S/C18H15NO2S/c20-16-13-7-4-9-19(11-12-5-2-1-3-6-12)15(13)17(21)18-14(16)8-10-22-18/h1-3,5-6,8,10H,4,7,9,11H2. The maximum atomic E-state index is 12.8. The van der Waals surface area contributed by atoms with Crippen LogP contribution in [-0.2, 0) is 6.54 Å². The Bertz CT molecular complexity index is 788. The van der Waals surface area contributed by atoms with Gasteiger partial charge in [-0.3, -0.25) is 9.59 Å². The Morgan fingerprint density at radius 2 is 1.86 bits per heavy atom. The number of hydrogen-bond donors (Lipinski definition) is 0. The molecule has 110 valence electrons. The second kappa shape index (κ2) is 5.21. The van der Waals surface area contributed by atoms with E-state index in [9.17, 15) is 9.59 Å². The molecule has 22 heavy (non-hydrogen) atoms. The van der Waals surface area contributed by atoms with Gasteiger partial charge < -0.3 is 4.90 Å². The van der Waals surface area contributed by atoms with Gasteiger partial charge in [0.05, 0.1) is 10.6 Å². The molecule has 1 aromatic carbocycles. The van der Waals surface area contributed by atoms with Crippen LogP contribution in [0.15, 0.2) is 53.0 Å². The number of benzene rings is 1. The van der Waals surface area contributed by atoms with E-state index < -0.39 is 0 Å². The van der Waals surface area contributed by atoms with Gasteiger partial charge in [0.15, 0.2) is 5.78 Å². The number of carbonyl (C=O) groups is 2. The molecule has 0 unspecified atom stereocenters. The van der Waals surface area contributed by atoms with E-state index in [-0.39, 0.29) is 11.6 Å². The molecular formula is C18H15NO2S. The predicted molar refractivity (Wildman–Crippen MR) is 86.1 cm³/mol. The van der Waals surface area contributed by atoms with Crippen LogP contribution in [0.5, 0.6) is 0 Å². The van der Waals surface area contributed by atoms with Gasteiger partial charge in [-0.05, 0) is 29.9 Å². The third kappa shape index (κ3) is 2.03. The van der Waals surface area contributed by atoms with E-state index in [2.05, 4.69) is 17.0 Å². The van der Waals surface area contributed by atoms with E-state index in [1.165, 1.54) is 11.3 Å². The average Bonchev–Trinajstić information content (AvgIpc) is 3.04. The monoisotopic (exact) mass is 309 g/mol. The number of fused-ring (bicyclic) bond motifs is 1. The summed E-state index contributed by atoms with van der Waals surface area (Å²) in [6.45, 7) is 1.51. The number of carbonyl (C=O) groups excluding carboxylic acids is 2. The lowest BCUT2D eigenvalue weighted by Gasteiger charge is -2.34. The van der Waals surface area contributed by atoms with Crippen LogP contribution in [-0.4, -0.2) is 23.0 Å². The van der Waals surface area contributed by atoms with Crippen molar-refractivity contribution >= 4 is 22.9 Å². The Morgan fingerprint density at radius 3 is 2.68 bits per heavy atom. The van der Waals surface area contributed by atoms with E-state index in [1.54, 1.807) is 6.07 Å². The van der Waals surface area contributed by atoms with Gasteiger partial charge in [0.2, 0.25) is 5.78 Å². The minimum absolute atomic E-state index is 0.0234. The van der Waals surface area contributed by atoms with Gasteiger partial charge in [-0.2, -0.15) is 0 Å². The van der Waals surface area contributed by atoms with Crippen molar-refractivity contribution in [3.05, 3.63) is 69.1 Å². The molecule has 0 saturated carbocycles. The summed E-state index contributed by atoms with van der Waals surface area (Å²) < 4.78 is 0. The van der Waals surface area contributed by atoms with Gasteiger partial charge in [0.25, 0.3) is 0 Å². The number of rotatable bonds is 2. The van der Waals surface area contributed by atoms with E-state index >= 15 is 0 Å². The normalized spacial score (nSPS) is 17.5. The second-order valence-corrected chi connectivity index (χ2v) is 6.58. The largest absolute Gasteiger partial charge is 0.364 e. The fourth-order valence-electron chi connectivity index (χ4n) is 3.27. The lowest BCUT2D eigenvalue weighted by molar-refractivity contribution is 0.0926. The van der Waals surface area contributed by atoms with Gasteiger partial charge in [-0.15, -0.1) is 11.3 Å². The van der Waals surface area contributed by atoms with Crippen LogP contribution in [0.4, 0.5) is 0 Å². The molecule has 0 amide bonds. The maximum absolute atomic E-state index is 12.8. The lowest BCUT2D eigenvalue weighted by Crippen LogP contribution is -2.37. The number of allylic oxidation sites excluding steroid dienone is 2. The van der Waals surface area contributed by atoms with Crippen molar-refractivity contribution in [3.63, 3.8) is 0 Å². The first-order valence-corrected chi connectivity index (χ1v) is 8.32. The number of hydrogen-bond acceptors (Lipinski definition) is 4. The average molecular weight is 309 g/mol. The maximum Gasteiger partial charge on any atom is 0.220 e. The van der Waals surface area contributed by atoms with Crippen molar-refractivity contribution in [2.75, 3.05) is 6.54 Å². The van der Waals surface area contributed by atoms with Gasteiger partial charge >= 0.3 is 0 Å². The van der Waals surface area contributed by atoms with Gasteiger partial charge in [0.1, 0.15) is 0 Å². The van der Waals surface area contributed by atoms with Crippen LogP contribution in [0.1, 0.15) is 38.4 Å². The number of Topliss-reactive ketones (excluding diaryl/α,β-unsaturated/α-hetero) is 2. The third-order valence-corrected chi connectivity index (χ3v) is 5.19. The summed E-state index contributed by atoms with van der Waals surface area (Å²) in [6, 6.07) is 11.9. The fraction of sp³-hybridized carbons (Fsp3) is 0.222. The third-order valence-electron chi connectivity index (χ3n) is 4.28. The minimum atomic E-state index is 0.0234. The Balaban J connectivity index is 1.75. The van der Waals surface area contributed by atoms with Crippen molar-refractivity contribution in [2.45, 2.75) is 19.4 Å². The molecule has 0 saturated heterocycles. The summed E-state index contributed by atoms with van der Waals surface area (Å²) in [5.74, 6) is 0.0684. The lowest BCUT2D eigenvalue weighted by atomic mass is 9.87. The number of thiophene rings is 1. The molecule has 0 N–H and O–H groups in total. The topological polar surface area (TPSA) is 37.4 Å². The van der Waals surface area contributed by atoms with Crippen molar-refractivity contribution in [1.29, 1.82) is 0 Å². The molecule has 1 aliphatic carbocycles. The Morgan fingerprint density at radius 1 is 1.05 bits per heavy atom. The quantitative estimate of drug-likeness (QED) is 0.849. The summed E-state index contributed by atoms with van der Waals surface area (Å²) in [5.41, 5.74) is 3.09. The van der Waals surface area contributed by atoms with Crippen LogP contribution in [0.2, 0.25) is 0 Å². The first-order valence-electron chi connectivity index (χ1n) is 7.44. The first kappa shape index (κ1) is 13.5. The molecule has 0 fully saturated rings. The fourth-order valence-corrected chi connectivity index (χ4v) is 4.10. The molecular weight excluding hydrogens is 294 g/mol. The molecule has 3 nitrogen and oxygen atoms in total. The van der Waals surface area contributed by atoms with Crippen LogP contribution in [0, 0.1) is 0 Å². The van der Waals surface area contributed by atoms with Crippen LogP contribution < -0.4 is 0 Å². The molecule has 2 heterocycles. The zero-order valence-electron chi connectivity index (χ0n) is 12.0. The molecule has 1 aliphatic heterocycles. The second-order valence-electron chi connectivity index (χ2n) is 5.66. The SMILES string of the molecule is O=C1C2=C(C(=O)c3sccc31)N(Cc1ccccc1)CCC2. The Kier molecular flexibility index (Phi) is 3.19. The highest BCUT2D eigenvalue weighted by Gasteiger charge is 2.37. The Labute approximate surface area is 132 Å². The molecule has 2 aliphatic rings. The summed E-state index contributed by atoms with van der Waals surface area (Å²) in [5, 5.41) is 1.83. The van der Waals surface area contributed by atoms with E-state index in [0.717, 1.165) is 18.5 Å². The molecule has 4 rings (SSSR count). The van der Waals surface area contributed by atoms with E-state index in [4.69, 9.17) is 0 Å². The molecule has 0 radical (unpaired) electrons. The van der Waals surface area contributed by atoms with Crippen LogP contribution in [0.25, 0.3) is 0 Å². The van der Waals surface area contributed by atoms with E-state index in [0.29, 0.717) is 34.7 Å². The molecule has 4 heteroatoms. The van der Waals surface area contributed by atoms with Gasteiger partial charge in [-0.1, -0.05) is 30.3 Å². The predicted octanol–water partition coefficient (Wildman–Crippen LogP) is 3.68. The summed E-state index contributed by atoms with van der Waals surface area (Å²) in [6.07, 6.45) is 1.63. The van der Waals surface area contributed by atoms with Crippen LogP contribution in [0.3, 0.4) is 0 Å². The molecule has 0 spiro atoms. The number of ketones is 2. The Hall–Kier alpha value is -2.20. The summed E-state index contributed by atoms with van der Waals surface area (Å²) in [4.78, 5) is 28.1. The molecule has 0 bridgehead atoms. The minimum Gasteiger partial charge on any atom is -0.364 e. The smallest absolute Gasteiger partial charge is 0.220 e. The van der Waals surface area contributed by atoms with Crippen molar-refractivity contribution in [2.24, 2.45) is 0 Å². The van der Waals surface area contributed by atoms with Crippen molar-refractivity contribution in [1.82, 2.24) is 4.90 Å². The van der Waals surface area contributed by atoms with Crippen molar-refractivity contribution < 1.29 is 9.59 Å². The van der Waals surface area contributed by atoms with Crippen LogP contribution >= 0.6 is 11.3 Å². The molecule has 1 aromatic heterocycles. The highest BCUT2D eigenvalue weighted by Crippen LogP contribution is 2.36. The van der Waals surface area contributed by atoms with E-state index in [1.807, 2.05) is 23.6 Å². The molecule has 0 atom stereocenters. The van der Waals surface area contributed by atoms with Gasteiger partial charge in [0, 0.05) is 24.2 Å². The van der Waals surface area contributed by atoms with Crippen molar-refractivity contribution in [3.8, 4) is 0 Å².